The molecular formula is C14H12ClFN2O. The molecular weight excluding hydrogens is 267 g/mol. The zero-order valence-electron chi connectivity index (χ0n) is 10.2. The number of benzene rings is 2. The van der Waals surface area contributed by atoms with Gasteiger partial charge >= 0.3 is 0 Å². The van der Waals surface area contributed by atoms with Crippen molar-refractivity contribution >= 4 is 28.9 Å². The van der Waals surface area contributed by atoms with Gasteiger partial charge in [0.05, 0.1) is 10.7 Å². The highest BCUT2D eigenvalue weighted by Crippen LogP contribution is 2.23. The van der Waals surface area contributed by atoms with Crippen LogP contribution in [0.2, 0.25) is 5.02 Å². The SMILES string of the molecule is Cc1ccc(C(=O)Nc2ccc(F)cc2Cl)cc1N. The van der Waals surface area contributed by atoms with Gasteiger partial charge in [0.2, 0.25) is 0 Å². The lowest BCUT2D eigenvalue weighted by Crippen LogP contribution is -2.12. The van der Waals surface area contributed by atoms with E-state index in [0.717, 1.165) is 11.6 Å². The summed E-state index contributed by atoms with van der Waals surface area (Å²) in [6.07, 6.45) is 0. The average Bonchev–Trinajstić information content (AvgIpc) is 2.36. The Hall–Kier alpha value is -2.07. The van der Waals surface area contributed by atoms with E-state index in [0.29, 0.717) is 16.9 Å². The first-order chi connectivity index (χ1) is 8.97. The van der Waals surface area contributed by atoms with Crippen LogP contribution in [0.15, 0.2) is 36.4 Å². The second kappa shape index (κ2) is 5.28. The van der Waals surface area contributed by atoms with Crippen molar-refractivity contribution < 1.29 is 9.18 Å². The second-order valence-electron chi connectivity index (χ2n) is 4.15. The van der Waals surface area contributed by atoms with Crippen molar-refractivity contribution in [3.05, 3.63) is 58.4 Å². The molecule has 0 atom stereocenters. The Labute approximate surface area is 115 Å². The summed E-state index contributed by atoms with van der Waals surface area (Å²) >= 11 is 5.84. The van der Waals surface area contributed by atoms with Crippen LogP contribution in [0.25, 0.3) is 0 Å². The van der Waals surface area contributed by atoms with Gasteiger partial charge in [-0.05, 0) is 42.8 Å². The van der Waals surface area contributed by atoms with E-state index in [2.05, 4.69) is 5.32 Å². The first-order valence-electron chi connectivity index (χ1n) is 5.60. The maximum Gasteiger partial charge on any atom is 0.255 e. The molecule has 0 unspecified atom stereocenters. The molecule has 0 aliphatic rings. The van der Waals surface area contributed by atoms with Gasteiger partial charge in [-0.1, -0.05) is 17.7 Å². The topological polar surface area (TPSA) is 55.1 Å². The zero-order chi connectivity index (χ0) is 14.0. The highest BCUT2D eigenvalue weighted by Gasteiger charge is 2.10. The van der Waals surface area contributed by atoms with E-state index in [4.69, 9.17) is 17.3 Å². The monoisotopic (exact) mass is 278 g/mol. The van der Waals surface area contributed by atoms with Crippen molar-refractivity contribution in [3.8, 4) is 0 Å². The van der Waals surface area contributed by atoms with Crippen LogP contribution in [0.1, 0.15) is 15.9 Å². The number of anilines is 2. The fraction of sp³-hybridized carbons (Fsp3) is 0.0714. The van der Waals surface area contributed by atoms with Crippen molar-refractivity contribution in [2.24, 2.45) is 0 Å². The molecule has 0 saturated heterocycles. The minimum atomic E-state index is -0.456. The third kappa shape index (κ3) is 3.03. The van der Waals surface area contributed by atoms with Crippen LogP contribution in [0.5, 0.6) is 0 Å². The fourth-order valence-electron chi connectivity index (χ4n) is 1.57. The van der Waals surface area contributed by atoms with Gasteiger partial charge in [0.15, 0.2) is 0 Å². The summed E-state index contributed by atoms with van der Waals surface area (Å²) in [6.45, 7) is 1.86. The highest BCUT2D eigenvalue weighted by atomic mass is 35.5. The summed E-state index contributed by atoms with van der Waals surface area (Å²) in [5, 5.41) is 2.75. The number of aryl methyl sites for hydroxylation is 1. The minimum absolute atomic E-state index is 0.147. The maximum absolute atomic E-state index is 12.9. The van der Waals surface area contributed by atoms with E-state index < -0.39 is 5.82 Å². The quantitative estimate of drug-likeness (QED) is 0.824. The summed E-state index contributed by atoms with van der Waals surface area (Å²) in [5.74, 6) is -0.803. The van der Waals surface area contributed by atoms with Crippen LogP contribution >= 0.6 is 11.6 Å². The lowest BCUT2D eigenvalue weighted by Gasteiger charge is -2.08. The van der Waals surface area contributed by atoms with Crippen molar-refractivity contribution in [1.82, 2.24) is 0 Å². The summed E-state index contributed by atoms with van der Waals surface area (Å²) < 4.78 is 12.9. The largest absolute Gasteiger partial charge is 0.398 e. The molecule has 2 aromatic carbocycles. The third-order valence-corrected chi connectivity index (χ3v) is 3.03. The van der Waals surface area contributed by atoms with Gasteiger partial charge in [-0.2, -0.15) is 0 Å². The first kappa shape index (κ1) is 13.4. The van der Waals surface area contributed by atoms with Crippen LogP contribution in [0.4, 0.5) is 15.8 Å². The van der Waals surface area contributed by atoms with E-state index in [1.807, 2.05) is 6.92 Å². The summed E-state index contributed by atoms with van der Waals surface area (Å²) in [4.78, 5) is 12.0. The summed E-state index contributed by atoms with van der Waals surface area (Å²) in [7, 11) is 0. The van der Waals surface area contributed by atoms with Crippen LogP contribution in [0, 0.1) is 12.7 Å². The number of hydrogen-bond donors (Lipinski definition) is 2. The van der Waals surface area contributed by atoms with E-state index in [9.17, 15) is 9.18 Å². The van der Waals surface area contributed by atoms with Gasteiger partial charge in [0, 0.05) is 11.3 Å². The normalized spacial score (nSPS) is 10.3. The predicted molar refractivity (Wildman–Crippen MR) is 75.0 cm³/mol. The Balaban J connectivity index is 2.23. The average molecular weight is 279 g/mol. The number of halogens is 2. The molecule has 2 aromatic rings. The number of nitrogens with two attached hydrogens (primary N) is 1. The number of nitrogen functional groups attached to an aromatic ring is 1. The molecule has 0 heterocycles. The van der Waals surface area contributed by atoms with Crippen LogP contribution in [-0.2, 0) is 0 Å². The van der Waals surface area contributed by atoms with E-state index in [-0.39, 0.29) is 10.9 Å². The Bertz CT molecular complexity index is 643. The third-order valence-electron chi connectivity index (χ3n) is 2.72. The molecule has 5 heteroatoms. The fourth-order valence-corrected chi connectivity index (χ4v) is 1.78. The molecule has 0 aliphatic heterocycles. The van der Waals surface area contributed by atoms with Gasteiger partial charge in [-0.15, -0.1) is 0 Å². The zero-order valence-corrected chi connectivity index (χ0v) is 11.0. The molecule has 3 N–H and O–H groups in total. The molecule has 0 radical (unpaired) electrons. The predicted octanol–water partition coefficient (Wildman–Crippen LogP) is 3.62. The van der Waals surface area contributed by atoms with Crippen LogP contribution < -0.4 is 11.1 Å². The molecule has 19 heavy (non-hydrogen) atoms. The van der Waals surface area contributed by atoms with Gasteiger partial charge in [-0.25, -0.2) is 4.39 Å². The Morgan fingerprint density at radius 3 is 2.63 bits per heavy atom. The standard InChI is InChI=1S/C14H12ClFN2O/c1-8-2-3-9(6-12(8)17)14(19)18-13-5-4-10(16)7-11(13)15/h2-7H,17H2,1H3,(H,18,19). The summed E-state index contributed by atoms with van der Waals surface area (Å²) in [6, 6.07) is 8.79. The maximum atomic E-state index is 12.9. The molecule has 0 spiro atoms. The van der Waals surface area contributed by atoms with Crippen molar-refractivity contribution in [2.75, 3.05) is 11.1 Å². The van der Waals surface area contributed by atoms with Crippen LogP contribution in [-0.4, -0.2) is 5.91 Å². The van der Waals surface area contributed by atoms with Crippen molar-refractivity contribution in [1.29, 1.82) is 0 Å². The summed E-state index contributed by atoms with van der Waals surface area (Å²) in [5.41, 5.74) is 7.96. The molecule has 0 bridgehead atoms. The number of amides is 1. The van der Waals surface area contributed by atoms with Gasteiger partial charge in [0.1, 0.15) is 5.82 Å². The highest BCUT2D eigenvalue weighted by molar-refractivity contribution is 6.33. The van der Waals surface area contributed by atoms with E-state index >= 15 is 0 Å². The molecule has 1 amide bonds. The number of nitrogens with one attached hydrogen (secondary N) is 1. The molecule has 0 saturated carbocycles. The van der Waals surface area contributed by atoms with E-state index in [1.165, 1.54) is 12.1 Å². The number of carbonyl (C=O) groups excluding carboxylic acids is 1. The van der Waals surface area contributed by atoms with Gasteiger partial charge < -0.3 is 11.1 Å². The second-order valence-corrected chi connectivity index (χ2v) is 4.56. The first-order valence-corrected chi connectivity index (χ1v) is 5.97. The number of rotatable bonds is 2. The Kier molecular flexibility index (Phi) is 3.71. The Morgan fingerprint density at radius 1 is 1.26 bits per heavy atom. The minimum Gasteiger partial charge on any atom is -0.398 e. The Morgan fingerprint density at radius 2 is 2.00 bits per heavy atom. The lowest BCUT2D eigenvalue weighted by atomic mass is 10.1. The van der Waals surface area contributed by atoms with E-state index in [1.54, 1.807) is 18.2 Å². The van der Waals surface area contributed by atoms with Gasteiger partial charge in [-0.3, -0.25) is 4.79 Å². The number of hydrogen-bond acceptors (Lipinski definition) is 2. The smallest absolute Gasteiger partial charge is 0.255 e. The lowest BCUT2D eigenvalue weighted by molar-refractivity contribution is 0.102. The van der Waals surface area contributed by atoms with Crippen molar-refractivity contribution in [2.45, 2.75) is 6.92 Å². The molecule has 3 nitrogen and oxygen atoms in total. The molecule has 98 valence electrons. The molecule has 2 rings (SSSR count). The van der Waals surface area contributed by atoms with Crippen molar-refractivity contribution in [3.63, 3.8) is 0 Å². The molecule has 0 fully saturated rings. The van der Waals surface area contributed by atoms with Gasteiger partial charge in [0.25, 0.3) is 5.91 Å². The van der Waals surface area contributed by atoms with Crippen LogP contribution in [0.3, 0.4) is 0 Å². The molecule has 0 aromatic heterocycles. The number of carbonyl (C=O) groups is 1. The molecule has 0 aliphatic carbocycles.